The van der Waals surface area contributed by atoms with E-state index in [1.54, 1.807) is 0 Å². The minimum Gasteiger partial charge on any atom is -0.338 e. The van der Waals surface area contributed by atoms with E-state index in [1.807, 2.05) is 27.7 Å². The third-order valence-corrected chi connectivity index (χ3v) is 6.33. The van der Waals surface area contributed by atoms with Crippen molar-refractivity contribution in [2.45, 2.75) is 31.7 Å². The van der Waals surface area contributed by atoms with Crippen LogP contribution in [0.2, 0.25) is 0 Å². The number of nitrogens with zero attached hydrogens (tertiary/aromatic N) is 2. The van der Waals surface area contributed by atoms with Gasteiger partial charge in [0.05, 0.1) is 11.0 Å². The monoisotopic (exact) mass is 340 g/mol. The molecule has 3 heterocycles. The van der Waals surface area contributed by atoms with Gasteiger partial charge in [0.1, 0.15) is 0 Å². The van der Waals surface area contributed by atoms with Crippen LogP contribution >= 0.6 is 0 Å². The zero-order chi connectivity index (χ0) is 17.0. The second-order valence-electron chi connectivity index (χ2n) is 7.86. The number of benzene rings is 1. The van der Waals surface area contributed by atoms with Crippen LogP contribution in [-0.4, -0.2) is 46.5 Å². The van der Waals surface area contributed by atoms with Crippen molar-refractivity contribution in [1.82, 2.24) is 19.8 Å². The first-order valence-electron chi connectivity index (χ1n) is 9.45. The molecule has 1 aromatic heterocycles. The fourth-order valence-corrected chi connectivity index (χ4v) is 4.99. The van der Waals surface area contributed by atoms with Crippen LogP contribution in [0.1, 0.15) is 42.1 Å². The van der Waals surface area contributed by atoms with Crippen LogP contribution in [0.3, 0.4) is 0 Å². The van der Waals surface area contributed by atoms with Gasteiger partial charge in [0.2, 0.25) is 0 Å². The first kappa shape index (κ1) is 15.2. The first-order valence-corrected chi connectivity index (χ1v) is 9.45. The molecule has 25 heavy (non-hydrogen) atoms. The number of fused-ring (bicyclic) bond motifs is 2. The zero-order valence-corrected chi connectivity index (χ0v) is 14.3. The van der Waals surface area contributed by atoms with Crippen LogP contribution in [0.5, 0.6) is 0 Å². The summed E-state index contributed by atoms with van der Waals surface area (Å²) in [5.41, 5.74) is 2.34. The third-order valence-electron chi connectivity index (χ3n) is 6.33. The predicted octanol–water partition coefficient (Wildman–Crippen LogP) is 1.74. The smallest absolute Gasteiger partial charge is 0.326 e. The van der Waals surface area contributed by atoms with Crippen LogP contribution in [0.25, 0.3) is 11.0 Å². The van der Waals surface area contributed by atoms with Crippen molar-refractivity contribution >= 4 is 16.9 Å². The molecule has 3 aliphatic rings. The van der Waals surface area contributed by atoms with Crippen molar-refractivity contribution in [3.8, 4) is 0 Å². The van der Waals surface area contributed by atoms with Crippen molar-refractivity contribution in [3.05, 3.63) is 34.2 Å². The Hall–Kier alpha value is -2.08. The quantitative estimate of drug-likeness (QED) is 0.875. The van der Waals surface area contributed by atoms with Gasteiger partial charge in [0.15, 0.2) is 0 Å². The number of likely N-dealkylation sites (tertiary alicyclic amines) is 1. The van der Waals surface area contributed by atoms with Gasteiger partial charge in [0.25, 0.3) is 5.91 Å². The van der Waals surface area contributed by atoms with E-state index in [4.69, 9.17) is 0 Å². The Balaban J connectivity index is 1.45. The molecule has 1 amide bonds. The maximum absolute atomic E-state index is 12.9. The number of aromatic amines is 1. The van der Waals surface area contributed by atoms with Gasteiger partial charge in [0, 0.05) is 37.8 Å². The molecular weight excluding hydrogens is 316 g/mol. The van der Waals surface area contributed by atoms with Gasteiger partial charge in [-0.25, -0.2) is 4.79 Å². The van der Waals surface area contributed by atoms with Gasteiger partial charge in [-0.05, 0) is 42.9 Å². The van der Waals surface area contributed by atoms with E-state index in [2.05, 4.69) is 10.3 Å². The normalized spacial score (nSPS) is 26.6. The summed E-state index contributed by atoms with van der Waals surface area (Å²) in [6, 6.07) is 5.98. The Labute approximate surface area is 146 Å². The van der Waals surface area contributed by atoms with Crippen LogP contribution in [0, 0.1) is 11.8 Å². The van der Waals surface area contributed by atoms with Crippen LogP contribution < -0.4 is 11.0 Å². The minimum absolute atomic E-state index is 0.0479. The van der Waals surface area contributed by atoms with E-state index >= 15 is 0 Å². The third kappa shape index (κ3) is 2.42. The van der Waals surface area contributed by atoms with E-state index in [0.29, 0.717) is 23.4 Å². The lowest BCUT2D eigenvalue weighted by Crippen LogP contribution is -2.31. The standard InChI is InChI=1S/C19H24N4O2/c24-18(22-10-13-8-20-9-14(13)11-22)12-5-6-17-16(7-12)21-19(25)23(17)15-3-1-2-4-15/h5-7,13-15,20H,1-4,8-11H2,(H,21,25)/t13-,14+. The lowest BCUT2D eigenvalue weighted by Gasteiger charge is -2.17. The fourth-order valence-electron chi connectivity index (χ4n) is 4.99. The molecule has 0 radical (unpaired) electrons. The number of nitrogens with one attached hydrogen (secondary N) is 2. The summed E-state index contributed by atoms with van der Waals surface area (Å²) in [6.45, 7) is 3.72. The van der Waals surface area contributed by atoms with E-state index in [-0.39, 0.29) is 11.6 Å². The molecule has 1 saturated carbocycles. The van der Waals surface area contributed by atoms with Crippen LogP contribution in [0.4, 0.5) is 0 Å². The molecule has 0 spiro atoms. The molecule has 0 unspecified atom stereocenters. The number of rotatable bonds is 2. The Morgan fingerprint density at radius 1 is 1.08 bits per heavy atom. The topological polar surface area (TPSA) is 70.1 Å². The Morgan fingerprint density at radius 3 is 2.52 bits per heavy atom. The molecule has 5 rings (SSSR count). The van der Waals surface area contributed by atoms with Crippen molar-refractivity contribution in [2.75, 3.05) is 26.2 Å². The molecule has 1 aliphatic carbocycles. The molecule has 0 bridgehead atoms. The van der Waals surface area contributed by atoms with E-state index in [1.165, 1.54) is 12.8 Å². The van der Waals surface area contributed by atoms with Crippen molar-refractivity contribution in [2.24, 2.45) is 11.8 Å². The molecular formula is C19H24N4O2. The van der Waals surface area contributed by atoms with Crippen LogP contribution in [0.15, 0.2) is 23.0 Å². The highest BCUT2D eigenvalue weighted by Crippen LogP contribution is 2.31. The summed E-state index contributed by atoms with van der Waals surface area (Å²) in [7, 11) is 0. The van der Waals surface area contributed by atoms with Gasteiger partial charge in [-0.2, -0.15) is 0 Å². The zero-order valence-electron chi connectivity index (χ0n) is 14.3. The van der Waals surface area contributed by atoms with Gasteiger partial charge < -0.3 is 15.2 Å². The molecule has 2 saturated heterocycles. The minimum atomic E-state index is -0.0479. The summed E-state index contributed by atoms with van der Waals surface area (Å²) < 4.78 is 1.89. The maximum Gasteiger partial charge on any atom is 0.326 e. The summed E-state index contributed by atoms with van der Waals surface area (Å²) in [4.78, 5) is 30.2. The largest absolute Gasteiger partial charge is 0.338 e. The average Bonchev–Trinajstić information content (AvgIpc) is 3.35. The molecule has 2 N–H and O–H groups in total. The van der Waals surface area contributed by atoms with E-state index < -0.39 is 0 Å². The van der Waals surface area contributed by atoms with E-state index in [9.17, 15) is 9.59 Å². The number of aromatic nitrogens is 2. The summed E-state index contributed by atoms with van der Waals surface area (Å²) in [6.07, 6.45) is 4.51. The number of hydrogen-bond donors (Lipinski definition) is 2. The van der Waals surface area contributed by atoms with Crippen molar-refractivity contribution in [1.29, 1.82) is 0 Å². The molecule has 2 aliphatic heterocycles. The SMILES string of the molecule is O=C(c1ccc2c(c1)[nH]c(=O)n2C1CCCC1)N1C[C@H]2CNC[C@H]2C1. The van der Waals surface area contributed by atoms with Gasteiger partial charge in [-0.3, -0.25) is 9.36 Å². The van der Waals surface area contributed by atoms with E-state index in [0.717, 1.165) is 50.1 Å². The van der Waals surface area contributed by atoms with Gasteiger partial charge in [-0.1, -0.05) is 12.8 Å². The number of imidazole rings is 1. The summed E-state index contributed by atoms with van der Waals surface area (Å²) in [5.74, 6) is 1.28. The number of amides is 1. The first-order chi connectivity index (χ1) is 12.2. The van der Waals surface area contributed by atoms with Crippen molar-refractivity contribution < 1.29 is 4.79 Å². The summed E-state index contributed by atoms with van der Waals surface area (Å²) in [5, 5.41) is 3.40. The lowest BCUT2D eigenvalue weighted by atomic mass is 10.0. The summed E-state index contributed by atoms with van der Waals surface area (Å²) >= 11 is 0. The predicted molar refractivity (Wildman–Crippen MR) is 95.8 cm³/mol. The highest BCUT2D eigenvalue weighted by Gasteiger charge is 2.38. The van der Waals surface area contributed by atoms with Crippen molar-refractivity contribution in [3.63, 3.8) is 0 Å². The second kappa shape index (κ2) is 5.73. The molecule has 6 nitrogen and oxygen atoms in total. The Kier molecular flexibility index (Phi) is 3.48. The van der Waals surface area contributed by atoms with Gasteiger partial charge in [-0.15, -0.1) is 0 Å². The molecule has 1 aromatic carbocycles. The highest BCUT2D eigenvalue weighted by atomic mass is 16.2. The molecule has 6 heteroatoms. The average molecular weight is 340 g/mol. The molecule has 2 atom stereocenters. The number of hydrogen-bond acceptors (Lipinski definition) is 3. The fraction of sp³-hybridized carbons (Fsp3) is 0.579. The molecule has 3 fully saturated rings. The number of H-pyrrole nitrogens is 1. The number of carbonyl (C=O) groups excluding carboxylic acids is 1. The lowest BCUT2D eigenvalue weighted by molar-refractivity contribution is 0.0782. The molecule has 132 valence electrons. The molecule has 2 aromatic rings. The number of carbonyl (C=O) groups is 1. The Bertz CT molecular complexity index is 865. The van der Waals surface area contributed by atoms with Gasteiger partial charge >= 0.3 is 5.69 Å². The Morgan fingerprint density at radius 2 is 1.80 bits per heavy atom. The maximum atomic E-state index is 12.9. The second-order valence-corrected chi connectivity index (χ2v) is 7.86. The van der Waals surface area contributed by atoms with Crippen LogP contribution in [-0.2, 0) is 0 Å². The highest BCUT2D eigenvalue weighted by molar-refractivity contribution is 5.97.